The highest BCUT2D eigenvalue weighted by atomic mass is 32.2. The molecule has 1 aliphatic rings. The van der Waals surface area contributed by atoms with Gasteiger partial charge in [0.1, 0.15) is 5.76 Å². The van der Waals surface area contributed by atoms with Gasteiger partial charge < -0.3 is 9.73 Å². The summed E-state index contributed by atoms with van der Waals surface area (Å²) >= 11 is 1.78. The third kappa shape index (κ3) is 3.94. The van der Waals surface area contributed by atoms with Crippen LogP contribution in [0.3, 0.4) is 0 Å². The SMILES string of the molecule is CSc1ccc(CNCC(c2ccco2)N2CCCC2)cc1. The van der Waals surface area contributed by atoms with Crippen molar-refractivity contribution < 1.29 is 4.42 Å². The fourth-order valence-electron chi connectivity index (χ4n) is 3.04. The Morgan fingerprint density at radius 1 is 1.18 bits per heavy atom. The molecule has 1 aliphatic heterocycles. The van der Waals surface area contributed by atoms with Crippen LogP contribution in [0.25, 0.3) is 0 Å². The summed E-state index contributed by atoms with van der Waals surface area (Å²) in [6, 6.07) is 13.2. The number of likely N-dealkylation sites (tertiary alicyclic amines) is 1. The van der Waals surface area contributed by atoms with E-state index in [1.807, 2.05) is 6.07 Å². The Kier molecular flexibility index (Phi) is 5.59. The molecular weight excluding hydrogens is 292 g/mol. The Balaban J connectivity index is 1.56. The third-order valence-electron chi connectivity index (χ3n) is 4.28. The molecule has 1 unspecified atom stereocenters. The van der Waals surface area contributed by atoms with Crippen molar-refractivity contribution in [3.05, 3.63) is 54.0 Å². The van der Waals surface area contributed by atoms with Crippen molar-refractivity contribution >= 4 is 11.8 Å². The molecule has 0 spiro atoms. The number of rotatable bonds is 7. The number of hydrogen-bond acceptors (Lipinski definition) is 4. The van der Waals surface area contributed by atoms with E-state index in [2.05, 4.69) is 46.8 Å². The maximum absolute atomic E-state index is 5.66. The van der Waals surface area contributed by atoms with Gasteiger partial charge in [-0.1, -0.05) is 12.1 Å². The van der Waals surface area contributed by atoms with Crippen molar-refractivity contribution in [3.63, 3.8) is 0 Å². The molecule has 1 fully saturated rings. The predicted octanol–water partition coefficient (Wildman–Crippen LogP) is 3.93. The molecule has 1 atom stereocenters. The minimum atomic E-state index is 0.350. The summed E-state index contributed by atoms with van der Waals surface area (Å²) in [4.78, 5) is 3.84. The first kappa shape index (κ1) is 15.7. The maximum Gasteiger partial charge on any atom is 0.122 e. The van der Waals surface area contributed by atoms with Gasteiger partial charge in [-0.05, 0) is 62.0 Å². The molecule has 1 saturated heterocycles. The van der Waals surface area contributed by atoms with E-state index in [-0.39, 0.29) is 0 Å². The zero-order valence-electron chi connectivity index (χ0n) is 13.1. The molecule has 3 nitrogen and oxygen atoms in total. The summed E-state index contributed by atoms with van der Waals surface area (Å²) in [6.07, 6.45) is 6.48. The second-order valence-electron chi connectivity index (χ2n) is 5.75. The smallest absolute Gasteiger partial charge is 0.122 e. The highest BCUT2D eigenvalue weighted by Gasteiger charge is 2.24. The molecule has 1 aromatic heterocycles. The first-order valence-corrected chi connectivity index (χ1v) is 9.20. The summed E-state index contributed by atoms with van der Waals surface area (Å²) in [5.74, 6) is 1.08. The number of thioether (sulfide) groups is 1. The lowest BCUT2D eigenvalue weighted by Crippen LogP contribution is -2.33. The van der Waals surface area contributed by atoms with Gasteiger partial charge in [-0.3, -0.25) is 4.90 Å². The molecule has 0 radical (unpaired) electrons. The fourth-order valence-corrected chi connectivity index (χ4v) is 3.45. The van der Waals surface area contributed by atoms with Crippen LogP contribution in [0.1, 0.15) is 30.2 Å². The molecule has 1 N–H and O–H groups in total. The monoisotopic (exact) mass is 316 g/mol. The molecule has 1 aromatic carbocycles. The van der Waals surface area contributed by atoms with Crippen LogP contribution in [0.2, 0.25) is 0 Å². The van der Waals surface area contributed by atoms with Crippen molar-refractivity contribution in [1.82, 2.24) is 10.2 Å². The van der Waals surface area contributed by atoms with Crippen LogP contribution >= 0.6 is 11.8 Å². The standard InChI is InChI=1S/C18H24N2OS/c1-22-16-8-6-15(7-9-16)13-19-14-17(18-5-4-12-21-18)20-10-2-3-11-20/h4-9,12,17,19H,2-3,10-11,13-14H2,1H3. The minimum absolute atomic E-state index is 0.350. The second-order valence-corrected chi connectivity index (χ2v) is 6.63. The Hall–Kier alpha value is -1.23. The molecule has 4 heteroatoms. The Labute approximate surface area is 137 Å². The Morgan fingerprint density at radius 3 is 2.59 bits per heavy atom. The fraction of sp³-hybridized carbons (Fsp3) is 0.444. The number of hydrogen-bond donors (Lipinski definition) is 1. The van der Waals surface area contributed by atoms with Crippen LogP contribution in [0.5, 0.6) is 0 Å². The van der Waals surface area contributed by atoms with E-state index < -0.39 is 0 Å². The topological polar surface area (TPSA) is 28.4 Å². The van der Waals surface area contributed by atoms with Gasteiger partial charge in [0.2, 0.25) is 0 Å². The van der Waals surface area contributed by atoms with Crippen LogP contribution in [0.15, 0.2) is 52.0 Å². The second kappa shape index (κ2) is 7.86. The number of nitrogens with one attached hydrogen (secondary N) is 1. The largest absolute Gasteiger partial charge is 0.468 e. The van der Waals surface area contributed by atoms with Gasteiger partial charge in [-0.25, -0.2) is 0 Å². The van der Waals surface area contributed by atoms with E-state index in [1.165, 1.54) is 36.4 Å². The first-order chi connectivity index (χ1) is 10.9. The molecule has 118 valence electrons. The zero-order valence-corrected chi connectivity index (χ0v) is 13.9. The van der Waals surface area contributed by atoms with Crippen molar-refractivity contribution in [3.8, 4) is 0 Å². The maximum atomic E-state index is 5.66. The molecule has 2 aromatic rings. The summed E-state index contributed by atoms with van der Waals surface area (Å²) in [6.45, 7) is 4.18. The van der Waals surface area contributed by atoms with Gasteiger partial charge in [-0.15, -0.1) is 11.8 Å². The first-order valence-electron chi connectivity index (χ1n) is 7.98. The van der Waals surface area contributed by atoms with Crippen LogP contribution in [0.4, 0.5) is 0 Å². The van der Waals surface area contributed by atoms with E-state index in [4.69, 9.17) is 4.42 Å². The van der Waals surface area contributed by atoms with Crippen molar-refractivity contribution in [1.29, 1.82) is 0 Å². The molecule has 0 amide bonds. The molecule has 0 saturated carbocycles. The lowest BCUT2D eigenvalue weighted by Gasteiger charge is -2.26. The summed E-state index contributed by atoms with van der Waals surface area (Å²) in [5, 5.41) is 3.60. The average molecular weight is 316 g/mol. The predicted molar refractivity (Wildman–Crippen MR) is 92.2 cm³/mol. The summed E-state index contributed by atoms with van der Waals surface area (Å²) in [5.41, 5.74) is 1.33. The molecule has 2 heterocycles. The van der Waals surface area contributed by atoms with Crippen molar-refractivity contribution in [2.24, 2.45) is 0 Å². The Morgan fingerprint density at radius 2 is 1.95 bits per heavy atom. The van der Waals surface area contributed by atoms with Gasteiger partial charge in [0.05, 0.1) is 12.3 Å². The van der Waals surface area contributed by atoms with Gasteiger partial charge >= 0.3 is 0 Å². The van der Waals surface area contributed by atoms with Gasteiger partial charge in [0.15, 0.2) is 0 Å². The minimum Gasteiger partial charge on any atom is -0.468 e. The van der Waals surface area contributed by atoms with E-state index in [0.717, 1.165) is 18.8 Å². The highest BCUT2D eigenvalue weighted by Crippen LogP contribution is 2.25. The molecule has 3 rings (SSSR count). The van der Waals surface area contributed by atoms with Gasteiger partial charge in [0, 0.05) is 18.0 Å². The number of furan rings is 1. The van der Waals surface area contributed by atoms with Gasteiger partial charge in [0.25, 0.3) is 0 Å². The molecular formula is C18H24N2OS. The average Bonchev–Trinajstić information content (AvgIpc) is 3.26. The van der Waals surface area contributed by atoms with Crippen LogP contribution in [0, 0.1) is 0 Å². The van der Waals surface area contributed by atoms with Crippen LogP contribution in [-0.4, -0.2) is 30.8 Å². The molecule has 22 heavy (non-hydrogen) atoms. The molecule has 0 bridgehead atoms. The van der Waals surface area contributed by atoms with Crippen LogP contribution in [-0.2, 0) is 6.54 Å². The Bertz CT molecular complexity index is 547. The van der Waals surface area contributed by atoms with E-state index >= 15 is 0 Å². The molecule has 0 aliphatic carbocycles. The normalized spacial score (nSPS) is 17.0. The van der Waals surface area contributed by atoms with Crippen molar-refractivity contribution in [2.45, 2.75) is 30.3 Å². The zero-order chi connectivity index (χ0) is 15.2. The number of benzene rings is 1. The van der Waals surface area contributed by atoms with Crippen LogP contribution < -0.4 is 5.32 Å². The quantitative estimate of drug-likeness (QED) is 0.784. The lowest BCUT2D eigenvalue weighted by molar-refractivity contribution is 0.209. The summed E-state index contributed by atoms with van der Waals surface area (Å²) in [7, 11) is 0. The van der Waals surface area contributed by atoms with E-state index in [1.54, 1.807) is 18.0 Å². The van der Waals surface area contributed by atoms with Gasteiger partial charge in [-0.2, -0.15) is 0 Å². The van der Waals surface area contributed by atoms with E-state index in [9.17, 15) is 0 Å². The highest BCUT2D eigenvalue weighted by molar-refractivity contribution is 7.98. The summed E-state index contributed by atoms with van der Waals surface area (Å²) < 4.78 is 5.66. The number of nitrogens with zero attached hydrogens (tertiary/aromatic N) is 1. The lowest BCUT2D eigenvalue weighted by atomic mass is 10.1. The third-order valence-corrected chi connectivity index (χ3v) is 5.02. The van der Waals surface area contributed by atoms with Crippen molar-refractivity contribution in [2.75, 3.05) is 25.9 Å². The van der Waals surface area contributed by atoms with E-state index in [0.29, 0.717) is 6.04 Å².